The number of aliphatic hydroxyl groups excluding tert-OH is 4. The molecule has 0 radical (unpaired) electrons. The molecule has 0 aliphatic carbocycles. The van der Waals surface area contributed by atoms with Gasteiger partial charge >= 0.3 is 0 Å². The van der Waals surface area contributed by atoms with E-state index in [4.69, 9.17) is 0 Å². The summed E-state index contributed by atoms with van der Waals surface area (Å²) in [6.45, 7) is 4.00. The summed E-state index contributed by atoms with van der Waals surface area (Å²) in [4.78, 5) is 12.5. The van der Waals surface area contributed by atoms with Gasteiger partial charge in [0.2, 0.25) is 5.91 Å². The van der Waals surface area contributed by atoms with Crippen molar-refractivity contribution < 1.29 is 25.2 Å². The Morgan fingerprint density at radius 3 is 1.09 bits per heavy atom. The van der Waals surface area contributed by atoms with E-state index in [0.717, 1.165) is 38.5 Å². The lowest BCUT2D eigenvalue weighted by molar-refractivity contribution is -0.132. The van der Waals surface area contributed by atoms with E-state index >= 15 is 0 Å². The van der Waals surface area contributed by atoms with Gasteiger partial charge in [-0.2, -0.15) is 0 Å². The fraction of sp³-hybridized carbons (Fsp3) is 0.936. The summed E-state index contributed by atoms with van der Waals surface area (Å²) in [5.41, 5.74) is 0. The van der Waals surface area contributed by atoms with Crippen LogP contribution < -0.4 is 5.32 Å². The minimum atomic E-state index is -1.25. The predicted octanol–water partition coefficient (Wildman–Crippen LogP) is 12.6. The van der Waals surface area contributed by atoms with Gasteiger partial charge in [-0.25, -0.2) is 0 Å². The Balaban J connectivity index is 3.52. The Hall–Kier alpha value is -0.950. The van der Waals surface area contributed by atoms with Crippen molar-refractivity contribution in [3.8, 4) is 0 Å². The predicted molar refractivity (Wildman–Crippen MR) is 228 cm³/mol. The number of allylic oxidation sites excluding steroid dienone is 2. The van der Waals surface area contributed by atoms with Crippen molar-refractivity contribution >= 4 is 5.91 Å². The van der Waals surface area contributed by atoms with Gasteiger partial charge < -0.3 is 25.7 Å². The number of unbranched alkanes of at least 4 members (excludes halogenated alkanes) is 32. The molecule has 4 unspecified atom stereocenters. The highest BCUT2D eigenvalue weighted by Crippen LogP contribution is 2.17. The van der Waals surface area contributed by atoms with Gasteiger partial charge in [0, 0.05) is 0 Å². The molecule has 6 nitrogen and oxygen atoms in total. The minimum absolute atomic E-state index is 0.372. The van der Waals surface area contributed by atoms with Crippen molar-refractivity contribution in [2.75, 3.05) is 6.61 Å². The lowest BCUT2D eigenvalue weighted by Crippen LogP contribution is -2.53. The molecule has 0 heterocycles. The number of amides is 1. The van der Waals surface area contributed by atoms with E-state index in [1.807, 2.05) is 0 Å². The average Bonchev–Trinajstić information content (AvgIpc) is 3.16. The van der Waals surface area contributed by atoms with Crippen LogP contribution in [0, 0.1) is 0 Å². The van der Waals surface area contributed by atoms with Crippen LogP contribution in [0.5, 0.6) is 0 Å². The van der Waals surface area contributed by atoms with E-state index < -0.39 is 36.9 Å². The lowest BCUT2D eigenvalue weighted by Gasteiger charge is -2.27. The number of hydrogen-bond donors (Lipinski definition) is 5. The van der Waals surface area contributed by atoms with Crippen LogP contribution in [0.15, 0.2) is 12.2 Å². The van der Waals surface area contributed by atoms with Crippen LogP contribution in [0.1, 0.15) is 251 Å². The molecule has 53 heavy (non-hydrogen) atoms. The molecule has 0 saturated heterocycles. The van der Waals surface area contributed by atoms with E-state index in [1.54, 1.807) is 0 Å². The number of carbonyl (C=O) groups excluding carboxylic acids is 1. The van der Waals surface area contributed by atoms with Crippen LogP contribution in [0.3, 0.4) is 0 Å². The second kappa shape index (κ2) is 42.2. The number of aliphatic hydroxyl groups is 4. The molecular formula is C47H93NO5. The summed E-state index contributed by atoms with van der Waals surface area (Å²) in [7, 11) is 0. The smallest absolute Gasteiger partial charge is 0.249 e. The summed E-state index contributed by atoms with van der Waals surface area (Å²) < 4.78 is 0. The van der Waals surface area contributed by atoms with Crippen LogP contribution in [0.2, 0.25) is 0 Å². The number of carbonyl (C=O) groups is 1. The molecule has 0 aliphatic heterocycles. The van der Waals surface area contributed by atoms with Gasteiger partial charge in [0.15, 0.2) is 0 Å². The zero-order valence-corrected chi connectivity index (χ0v) is 35.5. The van der Waals surface area contributed by atoms with E-state index in [2.05, 4.69) is 31.3 Å². The second-order valence-corrected chi connectivity index (χ2v) is 16.5. The maximum absolute atomic E-state index is 12.5. The first-order chi connectivity index (χ1) is 26.0. The summed E-state index contributed by atoms with van der Waals surface area (Å²) in [5.74, 6) is -0.584. The molecule has 0 aromatic carbocycles. The summed E-state index contributed by atoms with van der Waals surface area (Å²) in [5, 5.41) is 43.4. The Kier molecular flexibility index (Phi) is 41.4. The molecule has 5 N–H and O–H groups in total. The van der Waals surface area contributed by atoms with Gasteiger partial charge in [0.05, 0.1) is 18.8 Å². The number of rotatable bonds is 43. The second-order valence-electron chi connectivity index (χ2n) is 16.5. The largest absolute Gasteiger partial charge is 0.394 e. The molecule has 316 valence electrons. The third-order valence-electron chi connectivity index (χ3n) is 11.2. The van der Waals surface area contributed by atoms with Gasteiger partial charge in [-0.3, -0.25) is 4.79 Å². The third-order valence-corrected chi connectivity index (χ3v) is 11.2. The van der Waals surface area contributed by atoms with Crippen LogP contribution >= 0.6 is 0 Å². The van der Waals surface area contributed by atoms with Crippen LogP contribution in [-0.2, 0) is 4.79 Å². The first-order valence-corrected chi connectivity index (χ1v) is 23.6. The maximum atomic E-state index is 12.5. The third kappa shape index (κ3) is 36.4. The quantitative estimate of drug-likeness (QED) is 0.0315. The minimum Gasteiger partial charge on any atom is -0.394 e. The molecule has 0 rings (SSSR count). The van der Waals surface area contributed by atoms with Gasteiger partial charge in [0.25, 0.3) is 0 Å². The summed E-state index contributed by atoms with van der Waals surface area (Å²) in [6, 6.07) is -0.979. The molecule has 0 aromatic rings. The fourth-order valence-electron chi connectivity index (χ4n) is 7.46. The molecule has 1 amide bonds. The SMILES string of the molecule is CCCCCCCCCCCCCC/C=C\CCCCCCCCCCCCCCCCC(O)C(=O)NC(CO)C(O)C(O)CCCCCCCCC. The van der Waals surface area contributed by atoms with Gasteiger partial charge in [0.1, 0.15) is 12.2 Å². The molecule has 0 bridgehead atoms. The first-order valence-electron chi connectivity index (χ1n) is 23.6. The number of hydrogen-bond acceptors (Lipinski definition) is 5. The normalized spacial score (nSPS) is 14.2. The van der Waals surface area contributed by atoms with Crippen molar-refractivity contribution in [2.24, 2.45) is 0 Å². The zero-order chi connectivity index (χ0) is 38.9. The Bertz CT molecular complexity index is 761. The molecule has 0 spiro atoms. The summed E-state index contributed by atoms with van der Waals surface area (Å²) >= 11 is 0. The molecule has 0 aliphatic rings. The van der Waals surface area contributed by atoms with Gasteiger partial charge in [-0.15, -0.1) is 0 Å². The van der Waals surface area contributed by atoms with E-state index in [0.29, 0.717) is 12.8 Å². The van der Waals surface area contributed by atoms with Crippen LogP contribution in [-0.4, -0.2) is 57.3 Å². The van der Waals surface area contributed by atoms with Crippen molar-refractivity contribution in [3.05, 3.63) is 12.2 Å². The highest BCUT2D eigenvalue weighted by Gasteiger charge is 2.28. The van der Waals surface area contributed by atoms with E-state index in [1.165, 1.54) is 186 Å². The monoisotopic (exact) mass is 752 g/mol. The fourth-order valence-corrected chi connectivity index (χ4v) is 7.46. The lowest BCUT2D eigenvalue weighted by atomic mass is 9.99. The van der Waals surface area contributed by atoms with Gasteiger partial charge in [-0.05, 0) is 38.5 Å². The molecule has 6 heteroatoms. The molecular weight excluding hydrogens is 659 g/mol. The molecule has 0 aromatic heterocycles. The molecule has 4 atom stereocenters. The zero-order valence-electron chi connectivity index (χ0n) is 35.5. The molecule has 0 fully saturated rings. The summed E-state index contributed by atoms with van der Waals surface area (Å²) in [6.07, 6.45) is 47.2. The first kappa shape index (κ1) is 52.0. The van der Waals surface area contributed by atoms with E-state index in [9.17, 15) is 25.2 Å². The number of nitrogens with one attached hydrogen (secondary N) is 1. The van der Waals surface area contributed by atoms with Crippen molar-refractivity contribution in [2.45, 2.75) is 276 Å². The average molecular weight is 752 g/mol. The maximum Gasteiger partial charge on any atom is 0.249 e. The van der Waals surface area contributed by atoms with Crippen LogP contribution in [0.4, 0.5) is 0 Å². The highest BCUT2D eigenvalue weighted by molar-refractivity contribution is 5.80. The Morgan fingerprint density at radius 1 is 0.453 bits per heavy atom. The van der Waals surface area contributed by atoms with Crippen molar-refractivity contribution in [1.29, 1.82) is 0 Å². The van der Waals surface area contributed by atoms with E-state index in [-0.39, 0.29) is 0 Å². The van der Waals surface area contributed by atoms with Crippen LogP contribution in [0.25, 0.3) is 0 Å². The highest BCUT2D eigenvalue weighted by atomic mass is 16.3. The van der Waals surface area contributed by atoms with Crippen molar-refractivity contribution in [3.63, 3.8) is 0 Å². The Labute approximate surface area is 330 Å². The van der Waals surface area contributed by atoms with Gasteiger partial charge in [-0.1, -0.05) is 225 Å². The van der Waals surface area contributed by atoms with Crippen molar-refractivity contribution in [1.82, 2.24) is 5.32 Å². The molecule has 0 saturated carbocycles. The Morgan fingerprint density at radius 2 is 0.755 bits per heavy atom. The standard InChI is InChI=1S/C47H93NO5/c1-3-5-7-9-11-12-13-14-15-16-17-18-19-20-21-22-23-24-25-26-27-28-29-30-31-32-33-35-37-39-41-45(51)47(53)48-43(42-49)46(52)44(50)40-38-36-34-10-8-6-4-2/h20-21,43-46,49-52H,3-19,22-42H2,1-2H3,(H,48,53)/b21-20-. The topological polar surface area (TPSA) is 110 Å².